The molecule has 1 aliphatic rings. The Morgan fingerprint density at radius 2 is 2.05 bits per heavy atom. The van der Waals surface area contributed by atoms with Crippen molar-refractivity contribution in [3.8, 4) is 0 Å². The lowest BCUT2D eigenvalue weighted by molar-refractivity contribution is 0.159. The average Bonchev–Trinajstić information content (AvgIpc) is 2.46. The normalized spacial score (nSPS) is 19.8. The SMILES string of the molecule is CC(CN1CCCCC1)NCC(O)c1cccc(Br)c1. The third kappa shape index (κ3) is 5.17. The minimum Gasteiger partial charge on any atom is -0.387 e. The van der Waals surface area contributed by atoms with Gasteiger partial charge >= 0.3 is 0 Å². The molecule has 2 N–H and O–H groups in total. The van der Waals surface area contributed by atoms with Crippen LogP contribution in [0.15, 0.2) is 28.7 Å². The van der Waals surface area contributed by atoms with E-state index in [2.05, 4.69) is 33.1 Å². The summed E-state index contributed by atoms with van der Waals surface area (Å²) in [6.07, 6.45) is 3.58. The van der Waals surface area contributed by atoms with Crippen LogP contribution < -0.4 is 5.32 Å². The van der Waals surface area contributed by atoms with Crippen LogP contribution >= 0.6 is 15.9 Å². The van der Waals surface area contributed by atoms with Crippen LogP contribution in [0.2, 0.25) is 0 Å². The number of nitrogens with one attached hydrogen (secondary N) is 1. The standard InChI is InChI=1S/C16H25BrN2O/c1-13(12-19-8-3-2-4-9-19)18-11-16(20)14-6-5-7-15(17)10-14/h5-7,10,13,16,18,20H,2-4,8-9,11-12H2,1H3. The molecular weight excluding hydrogens is 316 g/mol. The predicted molar refractivity (Wildman–Crippen MR) is 86.9 cm³/mol. The number of likely N-dealkylation sites (tertiary alicyclic amines) is 1. The van der Waals surface area contributed by atoms with Crippen LogP contribution in [0.1, 0.15) is 37.9 Å². The Hall–Kier alpha value is -0.420. The first-order chi connectivity index (χ1) is 9.65. The molecule has 3 nitrogen and oxygen atoms in total. The second kappa shape index (κ2) is 8.13. The Bertz CT molecular complexity index is 407. The van der Waals surface area contributed by atoms with E-state index in [4.69, 9.17) is 0 Å². The first-order valence-electron chi connectivity index (χ1n) is 7.54. The number of rotatable bonds is 6. The summed E-state index contributed by atoms with van der Waals surface area (Å²) in [5.74, 6) is 0. The van der Waals surface area contributed by atoms with Crippen molar-refractivity contribution in [2.24, 2.45) is 0 Å². The van der Waals surface area contributed by atoms with Crippen molar-refractivity contribution < 1.29 is 5.11 Å². The van der Waals surface area contributed by atoms with Gasteiger partial charge in [-0.1, -0.05) is 34.5 Å². The monoisotopic (exact) mass is 340 g/mol. The smallest absolute Gasteiger partial charge is 0.0914 e. The molecule has 0 aliphatic carbocycles. The molecule has 4 heteroatoms. The summed E-state index contributed by atoms with van der Waals surface area (Å²) in [5.41, 5.74) is 0.956. The molecule has 0 aromatic heterocycles. The second-order valence-corrected chi connectivity index (χ2v) is 6.66. The van der Waals surface area contributed by atoms with Gasteiger partial charge in [0.2, 0.25) is 0 Å². The number of hydrogen-bond donors (Lipinski definition) is 2. The van der Waals surface area contributed by atoms with Gasteiger partial charge in [-0.05, 0) is 50.6 Å². The Balaban J connectivity index is 1.73. The van der Waals surface area contributed by atoms with Crippen molar-refractivity contribution >= 4 is 15.9 Å². The Labute approximate surface area is 130 Å². The fourth-order valence-corrected chi connectivity index (χ4v) is 3.16. The van der Waals surface area contributed by atoms with E-state index in [1.807, 2.05) is 24.3 Å². The summed E-state index contributed by atoms with van der Waals surface area (Å²) in [6.45, 7) is 6.32. The maximum absolute atomic E-state index is 10.2. The lowest BCUT2D eigenvalue weighted by Crippen LogP contribution is -2.42. The van der Waals surface area contributed by atoms with Gasteiger partial charge in [0, 0.05) is 23.6 Å². The topological polar surface area (TPSA) is 35.5 Å². The Morgan fingerprint density at radius 1 is 1.30 bits per heavy atom. The van der Waals surface area contributed by atoms with Crippen LogP contribution in [0.25, 0.3) is 0 Å². The first kappa shape index (κ1) is 16.0. The summed E-state index contributed by atoms with van der Waals surface area (Å²) in [7, 11) is 0. The van der Waals surface area contributed by atoms with Gasteiger partial charge in [-0.25, -0.2) is 0 Å². The highest BCUT2D eigenvalue weighted by atomic mass is 79.9. The third-order valence-electron chi connectivity index (χ3n) is 3.87. The van der Waals surface area contributed by atoms with Gasteiger partial charge < -0.3 is 15.3 Å². The molecule has 1 aromatic carbocycles. The molecule has 1 saturated heterocycles. The minimum absolute atomic E-state index is 0.412. The highest BCUT2D eigenvalue weighted by molar-refractivity contribution is 9.10. The van der Waals surface area contributed by atoms with E-state index in [0.29, 0.717) is 12.6 Å². The number of aliphatic hydroxyl groups excluding tert-OH is 1. The highest BCUT2D eigenvalue weighted by Gasteiger charge is 2.14. The molecule has 0 radical (unpaired) electrons. The number of aliphatic hydroxyl groups is 1. The van der Waals surface area contributed by atoms with Gasteiger partial charge in [-0.15, -0.1) is 0 Å². The molecule has 2 unspecified atom stereocenters. The molecule has 0 spiro atoms. The van der Waals surface area contributed by atoms with E-state index < -0.39 is 6.10 Å². The quantitative estimate of drug-likeness (QED) is 0.835. The van der Waals surface area contributed by atoms with E-state index in [9.17, 15) is 5.11 Å². The average molecular weight is 341 g/mol. The van der Waals surface area contributed by atoms with E-state index in [1.165, 1.54) is 32.4 Å². The molecule has 0 amide bonds. The largest absolute Gasteiger partial charge is 0.387 e. The summed E-state index contributed by atoms with van der Waals surface area (Å²) < 4.78 is 1.01. The van der Waals surface area contributed by atoms with Gasteiger partial charge in [0.25, 0.3) is 0 Å². The van der Waals surface area contributed by atoms with E-state index in [-0.39, 0.29) is 0 Å². The Morgan fingerprint density at radius 3 is 2.75 bits per heavy atom. The lowest BCUT2D eigenvalue weighted by atomic mass is 10.1. The number of hydrogen-bond acceptors (Lipinski definition) is 3. The van der Waals surface area contributed by atoms with Crippen molar-refractivity contribution in [1.29, 1.82) is 0 Å². The van der Waals surface area contributed by atoms with Crippen molar-refractivity contribution in [2.75, 3.05) is 26.2 Å². The van der Waals surface area contributed by atoms with Crippen LogP contribution in [0, 0.1) is 0 Å². The van der Waals surface area contributed by atoms with Crippen molar-refractivity contribution in [1.82, 2.24) is 10.2 Å². The van der Waals surface area contributed by atoms with Crippen molar-refractivity contribution in [2.45, 2.75) is 38.3 Å². The molecule has 1 aliphatic heterocycles. The van der Waals surface area contributed by atoms with Crippen molar-refractivity contribution in [3.63, 3.8) is 0 Å². The molecule has 2 rings (SSSR count). The summed E-state index contributed by atoms with van der Waals surface area (Å²) in [6, 6.07) is 8.28. The van der Waals surface area contributed by atoms with Gasteiger partial charge in [-0.2, -0.15) is 0 Å². The Kier molecular flexibility index (Phi) is 6.49. The lowest BCUT2D eigenvalue weighted by Gasteiger charge is -2.29. The minimum atomic E-state index is -0.448. The molecular formula is C16H25BrN2O. The van der Waals surface area contributed by atoms with Crippen LogP contribution in [0.4, 0.5) is 0 Å². The van der Waals surface area contributed by atoms with E-state index in [0.717, 1.165) is 16.6 Å². The second-order valence-electron chi connectivity index (χ2n) is 5.74. The van der Waals surface area contributed by atoms with Gasteiger partial charge in [0.15, 0.2) is 0 Å². The van der Waals surface area contributed by atoms with E-state index in [1.54, 1.807) is 0 Å². The highest BCUT2D eigenvalue weighted by Crippen LogP contribution is 2.17. The molecule has 0 bridgehead atoms. The summed E-state index contributed by atoms with van der Waals surface area (Å²) in [5, 5.41) is 13.6. The molecule has 0 saturated carbocycles. The molecule has 112 valence electrons. The van der Waals surface area contributed by atoms with Gasteiger partial charge in [-0.3, -0.25) is 0 Å². The van der Waals surface area contributed by atoms with E-state index >= 15 is 0 Å². The maximum Gasteiger partial charge on any atom is 0.0914 e. The molecule has 1 heterocycles. The zero-order valence-electron chi connectivity index (χ0n) is 12.2. The third-order valence-corrected chi connectivity index (χ3v) is 4.37. The number of benzene rings is 1. The maximum atomic E-state index is 10.2. The fraction of sp³-hybridized carbons (Fsp3) is 0.625. The van der Waals surface area contributed by atoms with Crippen LogP contribution in [0.3, 0.4) is 0 Å². The van der Waals surface area contributed by atoms with Crippen molar-refractivity contribution in [3.05, 3.63) is 34.3 Å². The molecule has 1 aromatic rings. The molecule has 1 fully saturated rings. The molecule has 2 atom stereocenters. The predicted octanol–water partition coefficient (Wildman–Crippen LogP) is 2.95. The van der Waals surface area contributed by atoms with Crippen LogP contribution in [-0.4, -0.2) is 42.2 Å². The molecule has 20 heavy (non-hydrogen) atoms. The number of halogens is 1. The van der Waals surface area contributed by atoms with Gasteiger partial charge in [0.05, 0.1) is 6.10 Å². The van der Waals surface area contributed by atoms with Gasteiger partial charge in [0.1, 0.15) is 0 Å². The zero-order chi connectivity index (χ0) is 14.4. The fourth-order valence-electron chi connectivity index (χ4n) is 2.74. The first-order valence-corrected chi connectivity index (χ1v) is 8.33. The van der Waals surface area contributed by atoms with Crippen LogP contribution in [0.5, 0.6) is 0 Å². The summed E-state index contributed by atoms with van der Waals surface area (Å²) in [4.78, 5) is 2.52. The number of piperidine rings is 1. The van der Waals surface area contributed by atoms with Crippen LogP contribution in [-0.2, 0) is 0 Å². The summed E-state index contributed by atoms with van der Waals surface area (Å²) >= 11 is 3.44. The zero-order valence-corrected chi connectivity index (χ0v) is 13.8. The number of nitrogens with zero attached hydrogens (tertiary/aromatic N) is 1.